The molecule has 5 nitrogen and oxygen atoms in total. The van der Waals surface area contributed by atoms with Crippen molar-refractivity contribution in [2.45, 2.75) is 26.2 Å². The van der Waals surface area contributed by atoms with E-state index in [1.165, 1.54) is 18.6 Å². The number of likely N-dealkylation sites (tertiary alicyclic amines) is 1. The highest BCUT2D eigenvalue weighted by Gasteiger charge is 2.20. The topological polar surface area (TPSA) is 69.6 Å². The van der Waals surface area contributed by atoms with Crippen molar-refractivity contribution < 1.29 is 14.7 Å². The van der Waals surface area contributed by atoms with Gasteiger partial charge in [0.05, 0.1) is 0 Å². The summed E-state index contributed by atoms with van der Waals surface area (Å²) in [5, 5.41) is 12.3. The third-order valence-corrected chi connectivity index (χ3v) is 4.48. The lowest BCUT2D eigenvalue weighted by Crippen LogP contribution is -2.36. The van der Waals surface area contributed by atoms with E-state index in [2.05, 4.69) is 5.32 Å². The standard InChI is InChI=1S/C20H22N2O3/c1-14-8-9-16(21-19(24)15-6-5-7-17(23)12-15)13-18(14)20(25)22-10-3-2-4-11-22/h5-9,12-13,23H,2-4,10-11H2,1H3,(H,21,24). The molecule has 1 fully saturated rings. The summed E-state index contributed by atoms with van der Waals surface area (Å²) >= 11 is 0. The number of anilines is 1. The number of phenols is 1. The third kappa shape index (κ3) is 3.99. The summed E-state index contributed by atoms with van der Waals surface area (Å²) in [5.41, 5.74) is 2.45. The van der Waals surface area contributed by atoms with Gasteiger partial charge in [0.2, 0.25) is 0 Å². The summed E-state index contributed by atoms with van der Waals surface area (Å²) < 4.78 is 0. The molecule has 2 aromatic carbocycles. The Labute approximate surface area is 147 Å². The van der Waals surface area contributed by atoms with Gasteiger partial charge in [-0.2, -0.15) is 0 Å². The number of nitrogens with zero attached hydrogens (tertiary/aromatic N) is 1. The van der Waals surface area contributed by atoms with Gasteiger partial charge in [0.15, 0.2) is 0 Å². The van der Waals surface area contributed by atoms with Crippen molar-refractivity contribution in [1.29, 1.82) is 0 Å². The lowest BCUT2D eigenvalue weighted by molar-refractivity contribution is 0.0723. The lowest BCUT2D eigenvalue weighted by atomic mass is 10.0. The number of carbonyl (C=O) groups is 2. The Morgan fingerprint density at radius 3 is 2.52 bits per heavy atom. The molecule has 0 unspecified atom stereocenters. The maximum atomic E-state index is 12.8. The van der Waals surface area contributed by atoms with Gasteiger partial charge in [-0.3, -0.25) is 9.59 Å². The van der Waals surface area contributed by atoms with E-state index in [1.807, 2.05) is 17.9 Å². The molecule has 2 aromatic rings. The van der Waals surface area contributed by atoms with Crippen LogP contribution in [0, 0.1) is 6.92 Å². The largest absolute Gasteiger partial charge is 0.508 e. The monoisotopic (exact) mass is 338 g/mol. The summed E-state index contributed by atoms with van der Waals surface area (Å²) in [6.45, 7) is 3.48. The highest BCUT2D eigenvalue weighted by molar-refractivity contribution is 6.05. The Hall–Kier alpha value is -2.82. The number of aryl methyl sites for hydroxylation is 1. The number of nitrogens with one attached hydrogen (secondary N) is 1. The fraction of sp³-hybridized carbons (Fsp3) is 0.300. The zero-order valence-electron chi connectivity index (χ0n) is 14.3. The van der Waals surface area contributed by atoms with E-state index in [0.717, 1.165) is 31.5 Å². The van der Waals surface area contributed by atoms with Crippen LogP contribution in [0.2, 0.25) is 0 Å². The van der Waals surface area contributed by atoms with Gasteiger partial charge in [-0.25, -0.2) is 0 Å². The molecule has 0 aliphatic carbocycles. The van der Waals surface area contributed by atoms with Gasteiger partial charge in [0.1, 0.15) is 5.75 Å². The first-order valence-corrected chi connectivity index (χ1v) is 8.55. The molecule has 2 amide bonds. The van der Waals surface area contributed by atoms with Crippen LogP contribution in [-0.2, 0) is 0 Å². The van der Waals surface area contributed by atoms with Gasteiger partial charge in [0, 0.05) is 29.9 Å². The average Bonchev–Trinajstić information content (AvgIpc) is 2.63. The summed E-state index contributed by atoms with van der Waals surface area (Å²) in [7, 11) is 0. The fourth-order valence-corrected chi connectivity index (χ4v) is 3.05. The number of aromatic hydroxyl groups is 1. The SMILES string of the molecule is Cc1ccc(NC(=O)c2cccc(O)c2)cc1C(=O)N1CCCCC1. The van der Waals surface area contributed by atoms with E-state index in [4.69, 9.17) is 0 Å². The number of piperidine rings is 1. The number of phenolic OH excluding ortho intramolecular Hbond substituents is 1. The van der Waals surface area contributed by atoms with Crippen LogP contribution >= 0.6 is 0 Å². The van der Waals surface area contributed by atoms with Crippen molar-refractivity contribution in [3.8, 4) is 5.75 Å². The average molecular weight is 338 g/mol. The summed E-state index contributed by atoms with van der Waals surface area (Å²) in [5.74, 6) is -0.265. The Morgan fingerprint density at radius 2 is 1.80 bits per heavy atom. The smallest absolute Gasteiger partial charge is 0.255 e. The molecule has 1 aliphatic rings. The normalized spacial score (nSPS) is 14.2. The van der Waals surface area contributed by atoms with Crippen molar-refractivity contribution in [2.75, 3.05) is 18.4 Å². The van der Waals surface area contributed by atoms with Gasteiger partial charge in [-0.15, -0.1) is 0 Å². The van der Waals surface area contributed by atoms with Crippen LogP contribution in [0.4, 0.5) is 5.69 Å². The van der Waals surface area contributed by atoms with Crippen LogP contribution in [-0.4, -0.2) is 34.9 Å². The van der Waals surface area contributed by atoms with E-state index in [-0.39, 0.29) is 17.6 Å². The first kappa shape index (κ1) is 17.0. The second kappa shape index (κ2) is 7.38. The highest BCUT2D eigenvalue weighted by atomic mass is 16.3. The van der Waals surface area contributed by atoms with Crippen LogP contribution in [0.1, 0.15) is 45.5 Å². The maximum Gasteiger partial charge on any atom is 0.255 e. The zero-order chi connectivity index (χ0) is 17.8. The molecule has 25 heavy (non-hydrogen) atoms. The number of amides is 2. The van der Waals surface area contributed by atoms with Crippen LogP contribution in [0.15, 0.2) is 42.5 Å². The Morgan fingerprint density at radius 1 is 1.04 bits per heavy atom. The fourth-order valence-electron chi connectivity index (χ4n) is 3.05. The van der Waals surface area contributed by atoms with E-state index in [0.29, 0.717) is 16.8 Å². The second-order valence-electron chi connectivity index (χ2n) is 6.39. The molecule has 1 saturated heterocycles. The van der Waals surface area contributed by atoms with Crippen LogP contribution in [0.5, 0.6) is 5.75 Å². The van der Waals surface area contributed by atoms with Gasteiger partial charge < -0.3 is 15.3 Å². The minimum absolute atomic E-state index is 0.0191. The summed E-state index contributed by atoms with van der Waals surface area (Å²) in [6.07, 6.45) is 3.25. The number of carbonyl (C=O) groups excluding carboxylic acids is 2. The van der Waals surface area contributed by atoms with Gasteiger partial charge >= 0.3 is 0 Å². The second-order valence-corrected chi connectivity index (χ2v) is 6.39. The van der Waals surface area contributed by atoms with Gasteiger partial charge in [-0.1, -0.05) is 12.1 Å². The molecule has 1 aliphatic heterocycles. The molecule has 0 atom stereocenters. The van der Waals surface area contributed by atoms with Crippen LogP contribution < -0.4 is 5.32 Å². The Bertz CT molecular complexity index is 795. The molecule has 0 radical (unpaired) electrons. The van der Waals surface area contributed by atoms with E-state index < -0.39 is 0 Å². The van der Waals surface area contributed by atoms with Crippen molar-refractivity contribution >= 4 is 17.5 Å². The Balaban J connectivity index is 1.79. The molecular formula is C20H22N2O3. The molecule has 5 heteroatoms. The first-order chi connectivity index (χ1) is 12.0. The van der Waals surface area contributed by atoms with Crippen LogP contribution in [0.3, 0.4) is 0 Å². The molecule has 130 valence electrons. The highest BCUT2D eigenvalue weighted by Crippen LogP contribution is 2.21. The van der Waals surface area contributed by atoms with Crippen molar-refractivity contribution in [3.05, 3.63) is 59.2 Å². The van der Waals surface area contributed by atoms with Crippen LogP contribution in [0.25, 0.3) is 0 Å². The number of benzene rings is 2. The summed E-state index contributed by atoms with van der Waals surface area (Å²) in [4.78, 5) is 27.0. The third-order valence-electron chi connectivity index (χ3n) is 4.48. The quantitative estimate of drug-likeness (QED) is 0.899. The maximum absolute atomic E-state index is 12.8. The molecular weight excluding hydrogens is 316 g/mol. The number of rotatable bonds is 3. The predicted octanol–water partition coefficient (Wildman–Crippen LogP) is 3.58. The molecule has 0 bridgehead atoms. The first-order valence-electron chi connectivity index (χ1n) is 8.55. The molecule has 0 aromatic heterocycles. The zero-order valence-corrected chi connectivity index (χ0v) is 14.3. The van der Waals surface area contributed by atoms with Crippen molar-refractivity contribution in [1.82, 2.24) is 4.90 Å². The Kier molecular flexibility index (Phi) is 5.03. The van der Waals surface area contributed by atoms with Gasteiger partial charge in [-0.05, 0) is 62.1 Å². The molecule has 3 rings (SSSR count). The molecule has 2 N–H and O–H groups in total. The van der Waals surface area contributed by atoms with Crippen molar-refractivity contribution in [2.24, 2.45) is 0 Å². The van der Waals surface area contributed by atoms with Crippen molar-refractivity contribution in [3.63, 3.8) is 0 Å². The summed E-state index contributed by atoms with van der Waals surface area (Å²) in [6, 6.07) is 11.5. The van der Waals surface area contributed by atoms with E-state index in [1.54, 1.807) is 24.3 Å². The number of hydrogen-bond acceptors (Lipinski definition) is 3. The molecule has 1 heterocycles. The minimum Gasteiger partial charge on any atom is -0.508 e. The van der Waals surface area contributed by atoms with E-state index in [9.17, 15) is 14.7 Å². The number of hydrogen-bond donors (Lipinski definition) is 2. The van der Waals surface area contributed by atoms with E-state index >= 15 is 0 Å². The minimum atomic E-state index is -0.323. The molecule has 0 spiro atoms. The van der Waals surface area contributed by atoms with Gasteiger partial charge in [0.25, 0.3) is 11.8 Å². The predicted molar refractivity (Wildman–Crippen MR) is 97.0 cm³/mol. The lowest BCUT2D eigenvalue weighted by Gasteiger charge is -2.27. The molecule has 0 saturated carbocycles.